The molecule has 0 amide bonds. The van der Waals surface area contributed by atoms with E-state index in [1.807, 2.05) is 6.07 Å². The molecule has 1 aromatic rings. The maximum Gasteiger partial charge on any atom is 0.0655 e. The van der Waals surface area contributed by atoms with Gasteiger partial charge in [0.15, 0.2) is 0 Å². The van der Waals surface area contributed by atoms with Crippen LogP contribution in [0, 0.1) is 6.54 Å². The van der Waals surface area contributed by atoms with Crippen molar-refractivity contribution in [1.82, 2.24) is 0 Å². The van der Waals surface area contributed by atoms with Gasteiger partial charge < -0.3 is 10.2 Å². The highest BCUT2D eigenvalue weighted by Crippen LogP contribution is 2.27. The first-order chi connectivity index (χ1) is 5.38. The fourth-order valence-corrected chi connectivity index (χ4v) is 1.32. The molecular formula is C9H11N2. The zero-order valence-corrected chi connectivity index (χ0v) is 6.54. The van der Waals surface area contributed by atoms with Gasteiger partial charge in [0.2, 0.25) is 0 Å². The average molecular weight is 147 g/mol. The van der Waals surface area contributed by atoms with E-state index in [2.05, 4.69) is 42.0 Å². The van der Waals surface area contributed by atoms with Crippen LogP contribution in [0.25, 0.3) is 0 Å². The molecule has 0 aromatic heterocycles. The van der Waals surface area contributed by atoms with E-state index in [1.165, 1.54) is 11.4 Å². The normalized spacial score (nSPS) is 15.5. The molecule has 2 nitrogen and oxygen atoms in total. The minimum Gasteiger partial charge on any atom is -0.377 e. The first-order valence-electron chi connectivity index (χ1n) is 3.76. The van der Waals surface area contributed by atoms with Crippen LogP contribution >= 0.6 is 0 Å². The molecule has 1 aromatic carbocycles. The molecule has 0 aliphatic carbocycles. The van der Waals surface area contributed by atoms with Gasteiger partial charge in [0.1, 0.15) is 0 Å². The SMILES string of the molecule is CN1C[CH]Nc2ccccc21. The van der Waals surface area contributed by atoms with Crippen LogP contribution in [0.1, 0.15) is 0 Å². The van der Waals surface area contributed by atoms with E-state index in [1.54, 1.807) is 0 Å². The Morgan fingerprint density at radius 2 is 2.18 bits per heavy atom. The number of likely N-dealkylation sites (N-methyl/N-ethyl adjacent to an activating group) is 1. The summed E-state index contributed by atoms with van der Waals surface area (Å²) in [5.41, 5.74) is 2.47. The number of nitrogens with one attached hydrogen (secondary N) is 1. The van der Waals surface area contributed by atoms with Crippen molar-refractivity contribution in [1.29, 1.82) is 0 Å². The second-order valence-corrected chi connectivity index (χ2v) is 2.75. The molecule has 0 fully saturated rings. The highest BCUT2D eigenvalue weighted by molar-refractivity contribution is 5.72. The van der Waals surface area contributed by atoms with Gasteiger partial charge in [-0.2, -0.15) is 0 Å². The monoisotopic (exact) mass is 147 g/mol. The second kappa shape index (κ2) is 2.46. The highest BCUT2D eigenvalue weighted by atomic mass is 15.2. The highest BCUT2D eigenvalue weighted by Gasteiger charge is 2.10. The molecule has 0 unspecified atom stereocenters. The number of benzene rings is 1. The average Bonchev–Trinajstić information content (AvgIpc) is 2.06. The summed E-state index contributed by atoms with van der Waals surface area (Å²) in [4.78, 5) is 2.21. The van der Waals surface area contributed by atoms with Crippen LogP contribution in [0.2, 0.25) is 0 Å². The summed E-state index contributed by atoms with van der Waals surface area (Å²) in [7, 11) is 2.09. The van der Waals surface area contributed by atoms with E-state index in [-0.39, 0.29) is 0 Å². The summed E-state index contributed by atoms with van der Waals surface area (Å²) < 4.78 is 0. The van der Waals surface area contributed by atoms with Crippen molar-refractivity contribution in [3.63, 3.8) is 0 Å². The molecule has 1 radical (unpaired) electrons. The van der Waals surface area contributed by atoms with Crippen molar-refractivity contribution in [3.05, 3.63) is 30.8 Å². The molecule has 2 heteroatoms. The van der Waals surface area contributed by atoms with Crippen molar-refractivity contribution in [3.8, 4) is 0 Å². The quantitative estimate of drug-likeness (QED) is 0.601. The lowest BCUT2D eigenvalue weighted by Gasteiger charge is -2.27. The van der Waals surface area contributed by atoms with Gasteiger partial charge in [-0.15, -0.1) is 0 Å². The third kappa shape index (κ3) is 1.04. The lowest BCUT2D eigenvalue weighted by molar-refractivity contribution is 0.956. The van der Waals surface area contributed by atoms with Crippen molar-refractivity contribution in [2.75, 3.05) is 23.8 Å². The van der Waals surface area contributed by atoms with E-state index < -0.39 is 0 Å². The lowest BCUT2D eigenvalue weighted by Crippen LogP contribution is -2.26. The van der Waals surface area contributed by atoms with Crippen LogP contribution in [-0.2, 0) is 0 Å². The maximum atomic E-state index is 3.23. The molecule has 0 spiro atoms. The Morgan fingerprint density at radius 1 is 1.36 bits per heavy atom. The van der Waals surface area contributed by atoms with Gasteiger partial charge in [0.05, 0.1) is 17.9 Å². The summed E-state index contributed by atoms with van der Waals surface area (Å²) >= 11 is 0. The van der Waals surface area contributed by atoms with Crippen LogP contribution in [0.3, 0.4) is 0 Å². The van der Waals surface area contributed by atoms with Crippen LogP contribution in [-0.4, -0.2) is 13.6 Å². The van der Waals surface area contributed by atoms with Crippen molar-refractivity contribution < 1.29 is 0 Å². The Kier molecular flexibility index (Phi) is 1.46. The Hall–Kier alpha value is -1.18. The molecule has 0 bridgehead atoms. The zero-order valence-electron chi connectivity index (χ0n) is 6.54. The number of hydrogen-bond donors (Lipinski definition) is 1. The number of nitrogens with zero attached hydrogens (tertiary/aromatic N) is 1. The number of para-hydroxylation sites is 2. The Balaban J connectivity index is 2.44. The van der Waals surface area contributed by atoms with E-state index in [0.29, 0.717) is 0 Å². The van der Waals surface area contributed by atoms with Crippen LogP contribution in [0.4, 0.5) is 11.4 Å². The summed E-state index contributed by atoms with van der Waals surface area (Å²) in [5.74, 6) is 0. The fraction of sp³-hybridized carbons (Fsp3) is 0.222. The molecule has 57 valence electrons. The summed E-state index contributed by atoms with van der Waals surface area (Å²) in [6, 6.07) is 8.30. The predicted octanol–water partition coefficient (Wildman–Crippen LogP) is 1.71. The molecule has 1 aliphatic rings. The maximum absolute atomic E-state index is 3.23. The standard InChI is InChI=1S/C9H11N2/c1-11-7-6-10-8-4-2-3-5-9(8)11/h2-6,10H,7H2,1H3. The molecule has 1 aliphatic heterocycles. The second-order valence-electron chi connectivity index (χ2n) is 2.75. The zero-order chi connectivity index (χ0) is 7.68. The van der Waals surface area contributed by atoms with E-state index in [9.17, 15) is 0 Å². The fourth-order valence-electron chi connectivity index (χ4n) is 1.32. The molecule has 2 rings (SSSR count). The van der Waals surface area contributed by atoms with Crippen molar-refractivity contribution >= 4 is 11.4 Å². The van der Waals surface area contributed by atoms with Gasteiger partial charge in [0.25, 0.3) is 0 Å². The Morgan fingerprint density at radius 3 is 3.00 bits per heavy atom. The van der Waals surface area contributed by atoms with Crippen LogP contribution < -0.4 is 10.2 Å². The minimum absolute atomic E-state index is 0.969. The lowest BCUT2D eigenvalue weighted by atomic mass is 10.2. The van der Waals surface area contributed by atoms with Crippen molar-refractivity contribution in [2.24, 2.45) is 0 Å². The Labute approximate surface area is 66.8 Å². The number of rotatable bonds is 0. The third-order valence-corrected chi connectivity index (χ3v) is 1.94. The van der Waals surface area contributed by atoms with E-state index >= 15 is 0 Å². The topological polar surface area (TPSA) is 15.3 Å². The number of anilines is 2. The molecule has 0 saturated carbocycles. The van der Waals surface area contributed by atoms with Gasteiger partial charge in [-0.1, -0.05) is 12.1 Å². The van der Waals surface area contributed by atoms with E-state index in [0.717, 1.165) is 6.54 Å². The molecular weight excluding hydrogens is 136 g/mol. The minimum atomic E-state index is 0.969. The summed E-state index contributed by atoms with van der Waals surface area (Å²) in [6.07, 6.45) is 0. The molecule has 1 N–H and O–H groups in total. The molecule has 1 heterocycles. The van der Waals surface area contributed by atoms with Gasteiger partial charge in [-0.05, 0) is 12.1 Å². The first-order valence-corrected chi connectivity index (χ1v) is 3.76. The predicted molar refractivity (Wildman–Crippen MR) is 47.6 cm³/mol. The number of fused-ring (bicyclic) bond motifs is 1. The first kappa shape index (κ1) is 6.53. The molecule has 0 saturated heterocycles. The smallest absolute Gasteiger partial charge is 0.0655 e. The van der Waals surface area contributed by atoms with Crippen molar-refractivity contribution in [2.45, 2.75) is 0 Å². The third-order valence-electron chi connectivity index (χ3n) is 1.94. The van der Waals surface area contributed by atoms with Crippen LogP contribution in [0.5, 0.6) is 0 Å². The number of hydrogen-bond acceptors (Lipinski definition) is 2. The summed E-state index contributed by atoms with van der Waals surface area (Å²) in [6.45, 7) is 3.03. The van der Waals surface area contributed by atoms with Gasteiger partial charge in [0, 0.05) is 13.6 Å². The Bertz CT molecular complexity index is 257. The van der Waals surface area contributed by atoms with Crippen LogP contribution in [0.15, 0.2) is 24.3 Å². The largest absolute Gasteiger partial charge is 0.377 e. The van der Waals surface area contributed by atoms with Gasteiger partial charge in [-0.25, -0.2) is 0 Å². The van der Waals surface area contributed by atoms with E-state index in [4.69, 9.17) is 0 Å². The molecule has 11 heavy (non-hydrogen) atoms. The van der Waals surface area contributed by atoms with Gasteiger partial charge in [-0.3, -0.25) is 0 Å². The van der Waals surface area contributed by atoms with Gasteiger partial charge >= 0.3 is 0 Å². The summed E-state index contributed by atoms with van der Waals surface area (Å²) in [5, 5.41) is 3.23. The molecule has 0 atom stereocenters.